The summed E-state index contributed by atoms with van der Waals surface area (Å²) in [5.74, 6) is -0.236. The molecule has 0 unspecified atom stereocenters. The summed E-state index contributed by atoms with van der Waals surface area (Å²) < 4.78 is 3.52. The van der Waals surface area contributed by atoms with Gasteiger partial charge in [-0.15, -0.1) is 11.3 Å². The Balaban J connectivity index is 1.45. The van der Waals surface area contributed by atoms with Crippen molar-refractivity contribution in [2.75, 3.05) is 5.32 Å². The van der Waals surface area contributed by atoms with E-state index in [1.807, 2.05) is 73.1 Å². The molecular weight excluding hydrogens is 408 g/mol. The second-order valence-electron chi connectivity index (χ2n) is 7.32. The van der Waals surface area contributed by atoms with Gasteiger partial charge in [0, 0.05) is 41.6 Å². The lowest BCUT2D eigenvalue weighted by atomic mass is 10.2. The minimum Gasteiger partial charge on any atom is -0.320 e. The summed E-state index contributed by atoms with van der Waals surface area (Å²) in [6.07, 6.45) is 5.56. The Kier molecular flexibility index (Phi) is 4.63. The van der Waals surface area contributed by atoms with Crippen LogP contribution in [0.25, 0.3) is 27.5 Å². The largest absolute Gasteiger partial charge is 0.320 e. The molecule has 0 bridgehead atoms. The molecule has 0 aliphatic rings. The Labute approximate surface area is 183 Å². The van der Waals surface area contributed by atoms with E-state index in [0.29, 0.717) is 11.4 Å². The van der Waals surface area contributed by atoms with Crippen LogP contribution in [-0.2, 0) is 7.05 Å². The molecule has 154 valence electrons. The highest BCUT2D eigenvalue weighted by Gasteiger charge is 2.21. The van der Waals surface area contributed by atoms with Crippen molar-refractivity contribution in [3.8, 4) is 21.8 Å². The van der Waals surface area contributed by atoms with Crippen molar-refractivity contribution in [1.29, 1.82) is 0 Å². The molecule has 0 saturated heterocycles. The van der Waals surface area contributed by atoms with Crippen LogP contribution in [0.15, 0.2) is 61.1 Å². The lowest BCUT2D eigenvalue weighted by molar-refractivity contribution is 0.101. The zero-order valence-electron chi connectivity index (χ0n) is 17.3. The van der Waals surface area contributed by atoms with Gasteiger partial charge in [-0.05, 0) is 19.9 Å². The standard InChI is InChI=1S/C23H20N6OS/c1-14-15(2)31-23(25-14)18-12-24-28(3)21(18)22(30)26-17-9-10-29-13-19(27-20(29)11-17)16-7-5-4-6-8-16/h4-13H,1-3H3,(H,26,30). The molecule has 0 fully saturated rings. The van der Waals surface area contributed by atoms with Crippen molar-refractivity contribution in [2.24, 2.45) is 7.05 Å². The van der Waals surface area contributed by atoms with Crippen LogP contribution in [0.5, 0.6) is 0 Å². The molecule has 8 heteroatoms. The molecule has 0 aliphatic carbocycles. The Bertz CT molecular complexity index is 1390. The van der Waals surface area contributed by atoms with E-state index in [0.717, 1.165) is 38.0 Å². The van der Waals surface area contributed by atoms with E-state index in [4.69, 9.17) is 4.98 Å². The lowest BCUT2D eigenvalue weighted by Gasteiger charge is -2.07. The summed E-state index contributed by atoms with van der Waals surface area (Å²) in [6.45, 7) is 3.99. The molecule has 1 amide bonds. The van der Waals surface area contributed by atoms with E-state index in [-0.39, 0.29) is 5.91 Å². The topological polar surface area (TPSA) is 77.1 Å². The fourth-order valence-corrected chi connectivity index (χ4v) is 4.37. The Hall–Kier alpha value is -3.78. The van der Waals surface area contributed by atoms with E-state index in [2.05, 4.69) is 15.4 Å². The molecule has 31 heavy (non-hydrogen) atoms. The maximum atomic E-state index is 13.1. The lowest BCUT2D eigenvalue weighted by Crippen LogP contribution is -2.17. The predicted molar refractivity (Wildman–Crippen MR) is 122 cm³/mol. The highest BCUT2D eigenvalue weighted by Crippen LogP contribution is 2.30. The third kappa shape index (κ3) is 3.51. The molecule has 4 aromatic heterocycles. The van der Waals surface area contributed by atoms with Crippen molar-refractivity contribution in [3.05, 3.63) is 77.3 Å². The first-order valence-corrected chi connectivity index (χ1v) is 10.6. The third-order valence-electron chi connectivity index (χ3n) is 5.20. The van der Waals surface area contributed by atoms with Crippen LogP contribution in [0.1, 0.15) is 21.1 Å². The Morgan fingerprint density at radius 3 is 2.65 bits per heavy atom. The first-order chi connectivity index (χ1) is 15.0. The number of benzene rings is 1. The number of anilines is 1. The minimum absolute atomic E-state index is 0.236. The third-order valence-corrected chi connectivity index (χ3v) is 6.31. The number of nitrogens with one attached hydrogen (secondary N) is 1. The summed E-state index contributed by atoms with van der Waals surface area (Å²) >= 11 is 1.56. The Morgan fingerprint density at radius 1 is 1.10 bits per heavy atom. The molecular formula is C23H20N6OS. The van der Waals surface area contributed by atoms with E-state index in [1.165, 1.54) is 0 Å². The molecule has 4 heterocycles. The van der Waals surface area contributed by atoms with Gasteiger partial charge in [-0.25, -0.2) is 9.97 Å². The van der Waals surface area contributed by atoms with Gasteiger partial charge < -0.3 is 9.72 Å². The zero-order valence-corrected chi connectivity index (χ0v) is 18.1. The second-order valence-corrected chi connectivity index (χ2v) is 8.52. The van der Waals surface area contributed by atoms with Gasteiger partial charge in [0.1, 0.15) is 16.3 Å². The maximum Gasteiger partial charge on any atom is 0.274 e. The van der Waals surface area contributed by atoms with E-state index in [1.54, 1.807) is 29.3 Å². The van der Waals surface area contributed by atoms with Crippen molar-refractivity contribution >= 4 is 28.6 Å². The molecule has 1 N–H and O–H groups in total. The average molecular weight is 429 g/mol. The van der Waals surface area contributed by atoms with Crippen LogP contribution in [-0.4, -0.2) is 30.1 Å². The van der Waals surface area contributed by atoms with Gasteiger partial charge in [0.25, 0.3) is 5.91 Å². The molecule has 0 atom stereocenters. The highest BCUT2D eigenvalue weighted by atomic mass is 32.1. The van der Waals surface area contributed by atoms with Crippen molar-refractivity contribution < 1.29 is 4.79 Å². The summed E-state index contributed by atoms with van der Waals surface area (Å²) in [5.41, 5.74) is 5.53. The number of hydrogen-bond acceptors (Lipinski definition) is 5. The van der Waals surface area contributed by atoms with Gasteiger partial charge in [-0.1, -0.05) is 30.3 Å². The number of thiazole rings is 1. The average Bonchev–Trinajstić information content (AvgIpc) is 3.45. The fraction of sp³-hybridized carbons (Fsp3) is 0.130. The molecule has 5 rings (SSSR count). The van der Waals surface area contributed by atoms with Crippen LogP contribution >= 0.6 is 11.3 Å². The monoisotopic (exact) mass is 428 g/mol. The van der Waals surface area contributed by atoms with Gasteiger partial charge in [-0.3, -0.25) is 9.48 Å². The van der Waals surface area contributed by atoms with Gasteiger partial charge in [0.15, 0.2) is 0 Å². The maximum absolute atomic E-state index is 13.1. The minimum atomic E-state index is -0.236. The number of imidazole rings is 1. The number of hydrogen-bond donors (Lipinski definition) is 1. The van der Waals surface area contributed by atoms with Crippen LogP contribution in [0.3, 0.4) is 0 Å². The van der Waals surface area contributed by atoms with Gasteiger partial charge in [-0.2, -0.15) is 5.10 Å². The van der Waals surface area contributed by atoms with E-state index < -0.39 is 0 Å². The van der Waals surface area contributed by atoms with Crippen molar-refractivity contribution in [2.45, 2.75) is 13.8 Å². The number of carbonyl (C=O) groups is 1. The van der Waals surface area contributed by atoms with E-state index in [9.17, 15) is 4.79 Å². The summed E-state index contributed by atoms with van der Waals surface area (Å²) in [7, 11) is 1.76. The predicted octanol–water partition coefficient (Wildman–Crippen LogP) is 4.73. The van der Waals surface area contributed by atoms with E-state index >= 15 is 0 Å². The Morgan fingerprint density at radius 2 is 1.90 bits per heavy atom. The normalized spacial score (nSPS) is 11.2. The van der Waals surface area contributed by atoms with Crippen LogP contribution in [0, 0.1) is 13.8 Å². The molecule has 7 nitrogen and oxygen atoms in total. The molecule has 1 aromatic carbocycles. The molecule has 5 aromatic rings. The fourth-order valence-electron chi connectivity index (χ4n) is 3.45. The smallest absolute Gasteiger partial charge is 0.274 e. The number of amides is 1. The number of aryl methyl sites for hydroxylation is 3. The number of aromatic nitrogens is 5. The number of pyridine rings is 1. The molecule has 0 radical (unpaired) electrons. The van der Waals surface area contributed by atoms with Gasteiger partial charge in [0.05, 0.1) is 23.1 Å². The van der Waals surface area contributed by atoms with Crippen LogP contribution in [0.4, 0.5) is 5.69 Å². The first-order valence-electron chi connectivity index (χ1n) is 9.81. The number of carbonyl (C=O) groups excluding carboxylic acids is 1. The first kappa shape index (κ1) is 19.2. The number of rotatable bonds is 4. The van der Waals surface area contributed by atoms with Crippen molar-refractivity contribution in [1.82, 2.24) is 24.1 Å². The van der Waals surface area contributed by atoms with Crippen molar-refractivity contribution in [3.63, 3.8) is 0 Å². The second kappa shape index (κ2) is 7.48. The van der Waals surface area contributed by atoms with Crippen LogP contribution in [0.2, 0.25) is 0 Å². The SMILES string of the molecule is Cc1nc(-c2cnn(C)c2C(=O)Nc2ccn3cc(-c4ccccc4)nc3c2)sc1C. The van der Waals surface area contributed by atoms with Crippen LogP contribution < -0.4 is 5.32 Å². The summed E-state index contributed by atoms with van der Waals surface area (Å²) in [4.78, 5) is 23.5. The zero-order chi connectivity index (χ0) is 21.5. The summed E-state index contributed by atoms with van der Waals surface area (Å²) in [6, 6.07) is 13.7. The molecule has 0 aliphatic heterocycles. The molecule has 0 saturated carbocycles. The quantitative estimate of drug-likeness (QED) is 0.449. The number of nitrogens with zero attached hydrogens (tertiary/aromatic N) is 5. The number of fused-ring (bicyclic) bond motifs is 1. The van der Waals surface area contributed by atoms with Gasteiger partial charge >= 0.3 is 0 Å². The molecule has 0 spiro atoms. The highest BCUT2D eigenvalue weighted by molar-refractivity contribution is 7.15. The summed E-state index contributed by atoms with van der Waals surface area (Å²) in [5, 5.41) is 8.06. The van der Waals surface area contributed by atoms with Gasteiger partial charge in [0.2, 0.25) is 0 Å².